The molecule has 0 N–H and O–H groups in total. The van der Waals surface area contributed by atoms with Gasteiger partial charge in [-0.15, -0.1) is 6.58 Å². The molecule has 1 unspecified atom stereocenters. The van der Waals surface area contributed by atoms with Crippen LogP contribution in [0, 0.1) is 15.9 Å². The highest BCUT2D eigenvalue weighted by Crippen LogP contribution is 2.23. The molecule has 0 saturated carbocycles. The standard InChI is InChI=1S/C10H10FNO2/c1-3-7(2)8-4-5-9(11)10(6-8)12(13)14/h3-7H,1H2,2H3. The highest BCUT2D eigenvalue weighted by Gasteiger charge is 2.15. The Morgan fingerprint density at radius 3 is 2.79 bits per heavy atom. The van der Waals surface area contributed by atoms with Gasteiger partial charge in [0.05, 0.1) is 4.92 Å². The molecule has 0 aromatic heterocycles. The van der Waals surface area contributed by atoms with Crippen LogP contribution in [0.4, 0.5) is 10.1 Å². The lowest BCUT2D eigenvalue weighted by Gasteiger charge is -2.05. The topological polar surface area (TPSA) is 43.1 Å². The maximum atomic E-state index is 12.9. The Hall–Kier alpha value is -1.71. The van der Waals surface area contributed by atoms with Gasteiger partial charge in [0.15, 0.2) is 0 Å². The van der Waals surface area contributed by atoms with E-state index in [4.69, 9.17) is 0 Å². The van der Waals surface area contributed by atoms with Crippen molar-refractivity contribution in [2.24, 2.45) is 0 Å². The number of hydrogen-bond donors (Lipinski definition) is 0. The van der Waals surface area contributed by atoms with Crippen molar-refractivity contribution in [3.05, 3.63) is 52.3 Å². The Balaban J connectivity index is 3.19. The summed E-state index contributed by atoms with van der Waals surface area (Å²) in [7, 11) is 0. The molecule has 0 bridgehead atoms. The molecule has 4 heteroatoms. The van der Waals surface area contributed by atoms with E-state index in [1.807, 2.05) is 6.92 Å². The van der Waals surface area contributed by atoms with E-state index >= 15 is 0 Å². The first kappa shape index (κ1) is 10.4. The molecule has 1 rings (SSSR count). The summed E-state index contributed by atoms with van der Waals surface area (Å²) in [4.78, 5) is 9.70. The van der Waals surface area contributed by atoms with Gasteiger partial charge in [0.1, 0.15) is 0 Å². The summed E-state index contributed by atoms with van der Waals surface area (Å²) in [6.07, 6.45) is 1.65. The summed E-state index contributed by atoms with van der Waals surface area (Å²) in [6, 6.07) is 3.86. The maximum absolute atomic E-state index is 12.9. The molecule has 0 aliphatic carbocycles. The van der Waals surface area contributed by atoms with Crippen molar-refractivity contribution in [2.75, 3.05) is 0 Å². The van der Waals surface area contributed by atoms with Crippen LogP contribution in [0.2, 0.25) is 0 Å². The first-order valence-corrected chi connectivity index (χ1v) is 4.12. The minimum absolute atomic E-state index is 0.0192. The van der Waals surface area contributed by atoms with Crippen LogP contribution in [0.5, 0.6) is 0 Å². The number of nitro benzene ring substituents is 1. The van der Waals surface area contributed by atoms with Crippen molar-refractivity contribution in [3.63, 3.8) is 0 Å². The van der Waals surface area contributed by atoms with Crippen molar-refractivity contribution in [1.82, 2.24) is 0 Å². The molecule has 0 radical (unpaired) electrons. The SMILES string of the molecule is C=CC(C)c1ccc(F)c([N+](=O)[O-])c1. The zero-order valence-corrected chi connectivity index (χ0v) is 7.74. The number of hydrogen-bond acceptors (Lipinski definition) is 2. The molecule has 0 aliphatic heterocycles. The van der Waals surface area contributed by atoms with E-state index < -0.39 is 16.4 Å². The number of halogens is 1. The first-order chi connectivity index (χ1) is 6.56. The molecule has 0 heterocycles. The Morgan fingerprint density at radius 2 is 2.29 bits per heavy atom. The van der Waals surface area contributed by atoms with Crippen molar-refractivity contribution in [2.45, 2.75) is 12.8 Å². The molecule has 3 nitrogen and oxygen atoms in total. The average Bonchev–Trinajstić information content (AvgIpc) is 2.17. The lowest BCUT2D eigenvalue weighted by Crippen LogP contribution is -1.96. The molecular weight excluding hydrogens is 185 g/mol. The molecule has 14 heavy (non-hydrogen) atoms. The van der Waals surface area contributed by atoms with Crippen molar-refractivity contribution in [3.8, 4) is 0 Å². The molecule has 74 valence electrons. The minimum atomic E-state index is -0.810. The Morgan fingerprint density at radius 1 is 1.64 bits per heavy atom. The number of nitro groups is 1. The van der Waals surface area contributed by atoms with Crippen molar-refractivity contribution >= 4 is 5.69 Å². The van der Waals surface area contributed by atoms with Gasteiger partial charge in [-0.2, -0.15) is 4.39 Å². The monoisotopic (exact) mass is 195 g/mol. The second-order valence-corrected chi connectivity index (χ2v) is 2.99. The third-order valence-electron chi connectivity index (χ3n) is 2.05. The third kappa shape index (κ3) is 1.96. The molecule has 0 saturated heterocycles. The van der Waals surface area contributed by atoms with Gasteiger partial charge < -0.3 is 0 Å². The van der Waals surface area contributed by atoms with Gasteiger partial charge >= 0.3 is 5.69 Å². The van der Waals surface area contributed by atoms with Crippen LogP contribution in [-0.2, 0) is 0 Å². The van der Waals surface area contributed by atoms with E-state index in [1.54, 1.807) is 6.08 Å². The number of nitrogens with zero attached hydrogens (tertiary/aromatic N) is 1. The van der Waals surface area contributed by atoms with Crippen LogP contribution in [0.15, 0.2) is 30.9 Å². The Kier molecular flexibility index (Phi) is 2.96. The fourth-order valence-electron chi connectivity index (χ4n) is 1.09. The van der Waals surface area contributed by atoms with Crippen LogP contribution < -0.4 is 0 Å². The smallest absolute Gasteiger partial charge is 0.258 e. The quantitative estimate of drug-likeness (QED) is 0.422. The van der Waals surface area contributed by atoms with E-state index in [0.29, 0.717) is 5.56 Å². The zero-order chi connectivity index (χ0) is 10.7. The molecule has 1 atom stereocenters. The van der Waals surface area contributed by atoms with E-state index in [2.05, 4.69) is 6.58 Å². The molecule has 0 spiro atoms. The fraction of sp³-hybridized carbons (Fsp3) is 0.200. The molecule has 1 aromatic carbocycles. The van der Waals surface area contributed by atoms with Crippen LogP contribution in [0.25, 0.3) is 0 Å². The summed E-state index contributed by atoms with van der Waals surface area (Å²) < 4.78 is 12.9. The second kappa shape index (κ2) is 4.00. The van der Waals surface area contributed by atoms with Gasteiger partial charge in [-0.1, -0.05) is 19.1 Å². The van der Waals surface area contributed by atoms with Gasteiger partial charge in [0, 0.05) is 6.07 Å². The molecular formula is C10H10FNO2. The van der Waals surface area contributed by atoms with Crippen LogP contribution >= 0.6 is 0 Å². The van der Waals surface area contributed by atoms with Crippen LogP contribution in [0.3, 0.4) is 0 Å². The number of allylic oxidation sites excluding steroid dienone is 1. The summed E-state index contributed by atoms with van der Waals surface area (Å²) >= 11 is 0. The van der Waals surface area contributed by atoms with E-state index in [-0.39, 0.29) is 5.92 Å². The van der Waals surface area contributed by atoms with Crippen LogP contribution in [-0.4, -0.2) is 4.92 Å². The van der Waals surface area contributed by atoms with Gasteiger partial charge in [-0.25, -0.2) is 0 Å². The maximum Gasteiger partial charge on any atom is 0.305 e. The predicted octanol–water partition coefficient (Wildman–Crippen LogP) is 3.02. The molecule has 0 fully saturated rings. The van der Waals surface area contributed by atoms with Gasteiger partial charge in [-0.3, -0.25) is 10.1 Å². The predicted molar refractivity (Wildman–Crippen MR) is 51.7 cm³/mol. The second-order valence-electron chi connectivity index (χ2n) is 2.99. The number of benzene rings is 1. The van der Waals surface area contributed by atoms with Crippen molar-refractivity contribution < 1.29 is 9.31 Å². The average molecular weight is 195 g/mol. The summed E-state index contributed by atoms with van der Waals surface area (Å²) in [5.74, 6) is -0.829. The van der Waals surface area contributed by atoms with Crippen molar-refractivity contribution in [1.29, 1.82) is 0 Å². The lowest BCUT2D eigenvalue weighted by molar-refractivity contribution is -0.387. The van der Waals surface area contributed by atoms with Gasteiger partial charge in [-0.05, 0) is 17.5 Å². The van der Waals surface area contributed by atoms with E-state index in [9.17, 15) is 14.5 Å². The highest BCUT2D eigenvalue weighted by molar-refractivity contribution is 5.38. The fourth-order valence-corrected chi connectivity index (χ4v) is 1.09. The minimum Gasteiger partial charge on any atom is -0.258 e. The lowest BCUT2D eigenvalue weighted by atomic mass is 10.0. The summed E-state index contributed by atoms with van der Waals surface area (Å²) in [5, 5.41) is 10.4. The van der Waals surface area contributed by atoms with Gasteiger partial charge in [0.2, 0.25) is 5.82 Å². The Labute approximate surface area is 81.0 Å². The number of rotatable bonds is 3. The largest absolute Gasteiger partial charge is 0.305 e. The van der Waals surface area contributed by atoms with Gasteiger partial charge in [0.25, 0.3) is 0 Å². The zero-order valence-electron chi connectivity index (χ0n) is 7.74. The summed E-state index contributed by atoms with van der Waals surface area (Å²) in [6.45, 7) is 5.41. The van der Waals surface area contributed by atoms with E-state index in [0.717, 1.165) is 6.07 Å². The first-order valence-electron chi connectivity index (χ1n) is 4.12. The van der Waals surface area contributed by atoms with E-state index in [1.165, 1.54) is 12.1 Å². The highest BCUT2D eigenvalue weighted by atomic mass is 19.1. The normalized spacial score (nSPS) is 12.1. The molecule has 0 aliphatic rings. The molecule has 0 amide bonds. The third-order valence-corrected chi connectivity index (χ3v) is 2.05. The molecule has 1 aromatic rings. The Bertz CT molecular complexity index is 376. The van der Waals surface area contributed by atoms with Crippen LogP contribution in [0.1, 0.15) is 18.4 Å². The summed E-state index contributed by atoms with van der Waals surface area (Å²) in [5.41, 5.74) is 0.198.